The van der Waals surface area contributed by atoms with E-state index in [1.807, 2.05) is 0 Å². The molecule has 0 rings (SSSR count). The minimum absolute atomic E-state index is 0.0860. The Hall–Kier alpha value is -4.19. The van der Waals surface area contributed by atoms with Gasteiger partial charge in [0, 0.05) is 19.3 Å². The molecular formula is C75H126O6. The summed E-state index contributed by atoms with van der Waals surface area (Å²) in [5.74, 6) is -0.908. The molecule has 0 N–H and O–H groups in total. The molecule has 1 atom stereocenters. The molecule has 0 aromatic heterocycles. The minimum atomic E-state index is -0.791. The van der Waals surface area contributed by atoms with Crippen LogP contribution in [-0.4, -0.2) is 37.2 Å². The molecule has 6 nitrogen and oxygen atoms in total. The zero-order valence-corrected chi connectivity index (χ0v) is 53.0. The van der Waals surface area contributed by atoms with Crippen LogP contribution in [-0.2, 0) is 28.6 Å². The summed E-state index contributed by atoms with van der Waals surface area (Å²) in [6.45, 7) is 6.50. The predicted molar refractivity (Wildman–Crippen MR) is 353 cm³/mol. The average Bonchev–Trinajstić information content (AvgIpc) is 3.47. The van der Waals surface area contributed by atoms with Crippen LogP contribution in [0.1, 0.15) is 316 Å². The topological polar surface area (TPSA) is 78.9 Å². The van der Waals surface area contributed by atoms with Gasteiger partial charge in [0.05, 0.1) is 0 Å². The molecule has 0 aliphatic heterocycles. The van der Waals surface area contributed by atoms with Crippen LogP contribution in [0.3, 0.4) is 0 Å². The van der Waals surface area contributed by atoms with Gasteiger partial charge in [-0.1, -0.05) is 303 Å². The van der Waals surface area contributed by atoms with Crippen LogP contribution in [0.2, 0.25) is 0 Å². The minimum Gasteiger partial charge on any atom is -0.462 e. The Morgan fingerprint density at radius 2 is 0.481 bits per heavy atom. The van der Waals surface area contributed by atoms with E-state index < -0.39 is 6.10 Å². The predicted octanol–water partition coefficient (Wildman–Crippen LogP) is 23.6. The van der Waals surface area contributed by atoms with Crippen molar-refractivity contribution in [1.29, 1.82) is 0 Å². The molecule has 0 aromatic carbocycles. The molecule has 0 amide bonds. The summed E-state index contributed by atoms with van der Waals surface area (Å²) >= 11 is 0. The van der Waals surface area contributed by atoms with E-state index in [-0.39, 0.29) is 31.1 Å². The summed E-state index contributed by atoms with van der Waals surface area (Å²) in [6.07, 6.45) is 95.1. The monoisotopic (exact) mass is 1120 g/mol. The van der Waals surface area contributed by atoms with Gasteiger partial charge in [0.25, 0.3) is 0 Å². The van der Waals surface area contributed by atoms with E-state index in [4.69, 9.17) is 14.2 Å². The molecule has 6 heteroatoms. The van der Waals surface area contributed by atoms with Crippen LogP contribution in [0.25, 0.3) is 0 Å². The third-order valence-electron chi connectivity index (χ3n) is 14.5. The molecule has 0 saturated heterocycles. The highest BCUT2D eigenvalue weighted by atomic mass is 16.6. The summed E-state index contributed by atoms with van der Waals surface area (Å²) in [5, 5.41) is 0. The second-order valence-electron chi connectivity index (χ2n) is 22.4. The maximum absolute atomic E-state index is 12.9. The fourth-order valence-corrected chi connectivity index (χ4v) is 9.37. The summed E-state index contributed by atoms with van der Waals surface area (Å²) < 4.78 is 16.9. The van der Waals surface area contributed by atoms with E-state index in [1.54, 1.807) is 0 Å². The fourth-order valence-electron chi connectivity index (χ4n) is 9.37. The standard InChI is InChI=1S/C75H126O6/c1-4-7-10-13-16-19-21-23-25-27-29-31-33-35-36-37-38-40-41-43-45-47-49-51-53-56-59-62-65-68-74(77)80-71-72(70-79-73(76)67-64-61-58-55-18-15-12-9-6-3)81-75(78)69-66-63-60-57-54-52-50-48-46-44-42-39-34-32-30-28-26-24-22-20-17-14-11-8-5-2/h7,10,16,19,22-25,28-31,35-36,38,40,43,45,49,51,72H,4-6,8-9,11-15,17-18,20-21,26-27,32-34,37,39,41-42,44,46-48,50,52-71H2,1-3H3/b10-7-,19-16-,24-22-,25-23-,30-28-,31-29-,36-35-,40-38-,45-43-,51-49-. The van der Waals surface area contributed by atoms with Gasteiger partial charge in [0.1, 0.15) is 13.2 Å². The van der Waals surface area contributed by atoms with E-state index in [9.17, 15) is 14.4 Å². The molecule has 0 aliphatic rings. The number of carbonyl (C=O) groups is 3. The summed E-state index contributed by atoms with van der Waals surface area (Å²) in [5.41, 5.74) is 0. The number of carbonyl (C=O) groups excluding carboxylic acids is 3. The van der Waals surface area contributed by atoms with Gasteiger partial charge in [-0.25, -0.2) is 0 Å². The second kappa shape index (κ2) is 68.3. The van der Waals surface area contributed by atoms with Gasteiger partial charge in [-0.15, -0.1) is 0 Å². The van der Waals surface area contributed by atoms with Crippen molar-refractivity contribution in [3.8, 4) is 0 Å². The fraction of sp³-hybridized carbons (Fsp3) is 0.693. The lowest BCUT2D eigenvalue weighted by Gasteiger charge is -2.18. The Bertz CT molecular complexity index is 1670. The van der Waals surface area contributed by atoms with E-state index in [0.717, 1.165) is 128 Å². The number of hydrogen-bond donors (Lipinski definition) is 0. The van der Waals surface area contributed by atoms with Gasteiger partial charge < -0.3 is 14.2 Å². The highest BCUT2D eigenvalue weighted by Crippen LogP contribution is 2.16. The van der Waals surface area contributed by atoms with Gasteiger partial charge in [0.2, 0.25) is 0 Å². The van der Waals surface area contributed by atoms with Gasteiger partial charge in [0.15, 0.2) is 6.10 Å². The number of hydrogen-bond acceptors (Lipinski definition) is 6. The molecule has 462 valence electrons. The zero-order valence-electron chi connectivity index (χ0n) is 53.0. The first-order valence-electron chi connectivity index (χ1n) is 34.0. The molecule has 81 heavy (non-hydrogen) atoms. The van der Waals surface area contributed by atoms with Crippen molar-refractivity contribution in [2.75, 3.05) is 13.2 Å². The summed E-state index contributed by atoms with van der Waals surface area (Å²) in [4.78, 5) is 38.3. The molecule has 1 unspecified atom stereocenters. The molecule has 0 aliphatic carbocycles. The smallest absolute Gasteiger partial charge is 0.306 e. The van der Waals surface area contributed by atoms with Gasteiger partial charge in [-0.3, -0.25) is 14.4 Å². The molecule has 0 radical (unpaired) electrons. The molecule has 0 fully saturated rings. The lowest BCUT2D eigenvalue weighted by molar-refractivity contribution is -0.167. The Kier molecular flexibility index (Phi) is 64.8. The number of ether oxygens (including phenoxy) is 3. The highest BCUT2D eigenvalue weighted by Gasteiger charge is 2.19. The molecule has 0 aromatic rings. The van der Waals surface area contributed by atoms with Crippen molar-refractivity contribution < 1.29 is 28.6 Å². The van der Waals surface area contributed by atoms with E-state index >= 15 is 0 Å². The lowest BCUT2D eigenvalue weighted by Crippen LogP contribution is -2.30. The maximum atomic E-state index is 12.9. The van der Waals surface area contributed by atoms with Crippen molar-refractivity contribution in [3.05, 3.63) is 122 Å². The largest absolute Gasteiger partial charge is 0.462 e. The third kappa shape index (κ3) is 66.5. The first-order chi connectivity index (χ1) is 40.0. The highest BCUT2D eigenvalue weighted by molar-refractivity contribution is 5.71. The van der Waals surface area contributed by atoms with Crippen molar-refractivity contribution in [2.45, 2.75) is 322 Å². The second-order valence-corrected chi connectivity index (χ2v) is 22.4. The molecule has 0 heterocycles. The third-order valence-corrected chi connectivity index (χ3v) is 14.5. The molecule has 0 saturated carbocycles. The van der Waals surface area contributed by atoms with Crippen molar-refractivity contribution in [2.24, 2.45) is 0 Å². The van der Waals surface area contributed by atoms with Gasteiger partial charge in [-0.2, -0.15) is 0 Å². The molecular weight excluding hydrogens is 997 g/mol. The first-order valence-corrected chi connectivity index (χ1v) is 34.0. The van der Waals surface area contributed by atoms with Crippen molar-refractivity contribution in [3.63, 3.8) is 0 Å². The quantitative estimate of drug-likeness (QED) is 0.0261. The molecule has 0 spiro atoms. The maximum Gasteiger partial charge on any atom is 0.306 e. The van der Waals surface area contributed by atoms with Crippen LogP contribution in [0.4, 0.5) is 0 Å². The number of allylic oxidation sites excluding steroid dienone is 20. The van der Waals surface area contributed by atoms with Crippen LogP contribution in [0, 0.1) is 0 Å². The number of esters is 3. The summed E-state index contributed by atoms with van der Waals surface area (Å²) in [7, 11) is 0. The average molecular weight is 1120 g/mol. The van der Waals surface area contributed by atoms with Crippen molar-refractivity contribution >= 4 is 17.9 Å². The normalized spacial score (nSPS) is 12.9. The Morgan fingerprint density at radius 1 is 0.259 bits per heavy atom. The molecule has 0 bridgehead atoms. The summed E-state index contributed by atoms with van der Waals surface area (Å²) in [6, 6.07) is 0. The van der Waals surface area contributed by atoms with E-state index in [0.29, 0.717) is 19.3 Å². The van der Waals surface area contributed by atoms with Crippen LogP contribution in [0.5, 0.6) is 0 Å². The van der Waals surface area contributed by atoms with Crippen LogP contribution < -0.4 is 0 Å². The Labute approximate surface area is 501 Å². The number of unbranched alkanes of at least 4 members (excludes halogenated alkanes) is 30. The Balaban J connectivity index is 4.27. The van der Waals surface area contributed by atoms with E-state index in [2.05, 4.69) is 142 Å². The SMILES string of the molecule is CC/C=C\C/C=C\C/C=C\C/C=C\C/C=C\C/C=C\C/C=C\C/C=C\CCCCCCC(=O)OCC(COC(=O)CCCCCCCCCCC)OC(=O)CCCCCCCCCCCCCCC/C=C\C/C=C\CCCCCCC. The van der Waals surface area contributed by atoms with Gasteiger partial charge >= 0.3 is 17.9 Å². The van der Waals surface area contributed by atoms with Crippen LogP contribution in [0.15, 0.2) is 122 Å². The zero-order chi connectivity index (χ0) is 58.5. The van der Waals surface area contributed by atoms with E-state index in [1.165, 1.54) is 148 Å². The lowest BCUT2D eigenvalue weighted by atomic mass is 10.0. The Morgan fingerprint density at radius 3 is 0.753 bits per heavy atom. The number of rotatable bonds is 61. The van der Waals surface area contributed by atoms with Crippen LogP contribution >= 0.6 is 0 Å². The van der Waals surface area contributed by atoms with Crippen molar-refractivity contribution in [1.82, 2.24) is 0 Å². The van der Waals surface area contributed by atoms with Gasteiger partial charge in [-0.05, 0) is 116 Å². The first kappa shape index (κ1) is 76.8.